The molecule has 0 bridgehead atoms. The number of carbonyl (C=O) groups is 2. The van der Waals surface area contributed by atoms with Crippen LogP contribution in [0.5, 0.6) is 0 Å². The molecule has 2 aromatic rings. The summed E-state index contributed by atoms with van der Waals surface area (Å²) in [6, 6.07) is 5.71. The second-order valence-electron chi connectivity index (χ2n) is 7.01. The standard InChI is InChI=1S/C19H20ClN3O4/c1-11-2-5-13(8-15(11)20)23-17(12-3-4-12)14(9-21-23)18(24)22-6-7-27-16(10-22)19(25)26/h2,5,8-9,12,16H,3-4,6-7,10H2,1H3,(H,25,26)/t16-/m1/s1. The van der Waals surface area contributed by atoms with Gasteiger partial charge in [-0.25, -0.2) is 9.48 Å². The first-order chi connectivity index (χ1) is 13.0. The third-order valence-corrected chi connectivity index (χ3v) is 5.44. The van der Waals surface area contributed by atoms with Gasteiger partial charge in [0.05, 0.1) is 36.3 Å². The van der Waals surface area contributed by atoms with Crippen LogP contribution in [0.1, 0.15) is 40.4 Å². The van der Waals surface area contributed by atoms with Crippen LogP contribution < -0.4 is 0 Å². The zero-order chi connectivity index (χ0) is 19.1. The van der Waals surface area contributed by atoms with E-state index in [2.05, 4.69) is 5.10 Å². The Hall–Kier alpha value is -2.38. The number of aryl methyl sites for hydroxylation is 1. The summed E-state index contributed by atoms with van der Waals surface area (Å²) in [7, 11) is 0. The summed E-state index contributed by atoms with van der Waals surface area (Å²) in [5, 5.41) is 14.3. The van der Waals surface area contributed by atoms with Crippen molar-refractivity contribution in [2.24, 2.45) is 0 Å². The third-order valence-electron chi connectivity index (χ3n) is 5.03. The van der Waals surface area contributed by atoms with Crippen molar-refractivity contribution in [1.82, 2.24) is 14.7 Å². The highest BCUT2D eigenvalue weighted by Gasteiger charge is 2.36. The lowest BCUT2D eigenvalue weighted by molar-refractivity contribution is -0.154. The van der Waals surface area contributed by atoms with Gasteiger partial charge in [0.25, 0.3) is 5.91 Å². The van der Waals surface area contributed by atoms with Gasteiger partial charge < -0.3 is 14.7 Å². The Morgan fingerprint density at radius 3 is 2.78 bits per heavy atom. The Labute approximate surface area is 161 Å². The number of carbonyl (C=O) groups excluding carboxylic acids is 1. The molecule has 2 fully saturated rings. The van der Waals surface area contributed by atoms with Gasteiger partial charge >= 0.3 is 5.97 Å². The van der Waals surface area contributed by atoms with E-state index in [-0.39, 0.29) is 25.0 Å². The van der Waals surface area contributed by atoms with Gasteiger partial charge in [-0.3, -0.25) is 4.79 Å². The van der Waals surface area contributed by atoms with E-state index in [1.807, 2.05) is 25.1 Å². The summed E-state index contributed by atoms with van der Waals surface area (Å²) >= 11 is 6.26. The summed E-state index contributed by atoms with van der Waals surface area (Å²) in [4.78, 5) is 25.8. The van der Waals surface area contributed by atoms with Crippen LogP contribution in [0.3, 0.4) is 0 Å². The minimum Gasteiger partial charge on any atom is -0.479 e. The van der Waals surface area contributed by atoms with Gasteiger partial charge in [0.15, 0.2) is 6.10 Å². The molecule has 1 aliphatic heterocycles. The van der Waals surface area contributed by atoms with Gasteiger partial charge in [0, 0.05) is 17.5 Å². The predicted octanol–water partition coefficient (Wildman–Crippen LogP) is 2.64. The minimum atomic E-state index is -1.06. The van der Waals surface area contributed by atoms with Crippen LogP contribution in [0, 0.1) is 6.92 Å². The maximum Gasteiger partial charge on any atom is 0.334 e. The molecule has 1 saturated heterocycles. The number of aliphatic carboxylic acids is 1. The fourth-order valence-corrected chi connectivity index (χ4v) is 3.52. The Bertz CT molecular complexity index is 906. The van der Waals surface area contributed by atoms with Crippen molar-refractivity contribution < 1.29 is 19.4 Å². The lowest BCUT2D eigenvalue weighted by Gasteiger charge is -2.30. The Morgan fingerprint density at radius 2 is 2.11 bits per heavy atom. The molecule has 142 valence electrons. The topological polar surface area (TPSA) is 84.7 Å². The van der Waals surface area contributed by atoms with E-state index >= 15 is 0 Å². The molecule has 0 unspecified atom stereocenters. The van der Waals surface area contributed by atoms with Crippen molar-refractivity contribution >= 4 is 23.5 Å². The molecule has 2 aliphatic rings. The van der Waals surface area contributed by atoms with Crippen LogP contribution in [-0.4, -0.2) is 57.5 Å². The molecule has 7 nitrogen and oxygen atoms in total. The number of ether oxygens (including phenoxy) is 1. The molecular weight excluding hydrogens is 370 g/mol. The van der Waals surface area contributed by atoms with Crippen molar-refractivity contribution in [2.75, 3.05) is 19.7 Å². The van der Waals surface area contributed by atoms with Crippen molar-refractivity contribution in [3.63, 3.8) is 0 Å². The number of hydrogen-bond acceptors (Lipinski definition) is 4. The third kappa shape index (κ3) is 3.44. The van der Waals surface area contributed by atoms with E-state index in [4.69, 9.17) is 16.3 Å². The molecule has 0 spiro atoms. The number of carboxylic acid groups (broad SMARTS) is 1. The summed E-state index contributed by atoms with van der Waals surface area (Å²) in [5.41, 5.74) is 3.19. The number of halogens is 1. The van der Waals surface area contributed by atoms with Crippen LogP contribution in [0.15, 0.2) is 24.4 Å². The first kappa shape index (κ1) is 18.0. The smallest absolute Gasteiger partial charge is 0.334 e. The molecular formula is C19H20ClN3O4. The van der Waals surface area contributed by atoms with E-state index in [0.29, 0.717) is 17.1 Å². The van der Waals surface area contributed by atoms with Gasteiger partial charge in [-0.1, -0.05) is 17.7 Å². The molecule has 0 radical (unpaired) electrons. The highest BCUT2D eigenvalue weighted by molar-refractivity contribution is 6.31. The van der Waals surface area contributed by atoms with Gasteiger partial charge in [-0.15, -0.1) is 0 Å². The predicted molar refractivity (Wildman–Crippen MR) is 98.6 cm³/mol. The van der Waals surface area contributed by atoms with Crippen molar-refractivity contribution in [2.45, 2.75) is 31.8 Å². The maximum atomic E-state index is 13.1. The quantitative estimate of drug-likeness (QED) is 0.868. The summed E-state index contributed by atoms with van der Waals surface area (Å²) < 4.78 is 7.00. The average Bonchev–Trinajstić information content (AvgIpc) is 3.41. The van der Waals surface area contributed by atoms with Gasteiger partial charge in [-0.05, 0) is 37.5 Å². The lowest BCUT2D eigenvalue weighted by atomic mass is 10.1. The molecule has 1 saturated carbocycles. The van der Waals surface area contributed by atoms with Crippen molar-refractivity contribution in [3.8, 4) is 5.69 Å². The van der Waals surface area contributed by atoms with E-state index in [1.165, 1.54) is 4.90 Å². The summed E-state index contributed by atoms with van der Waals surface area (Å²) in [5.74, 6) is -0.973. The first-order valence-corrected chi connectivity index (χ1v) is 9.31. The molecule has 2 heterocycles. The summed E-state index contributed by atoms with van der Waals surface area (Å²) in [6.07, 6.45) is 2.60. The number of aromatic nitrogens is 2. The van der Waals surface area contributed by atoms with Crippen LogP contribution in [0.4, 0.5) is 0 Å². The van der Waals surface area contributed by atoms with E-state index in [1.54, 1.807) is 10.9 Å². The normalized spacial score (nSPS) is 19.9. The highest BCUT2D eigenvalue weighted by Crippen LogP contribution is 2.43. The Balaban J connectivity index is 1.67. The highest BCUT2D eigenvalue weighted by atomic mass is 35.5. The van der Waals surface area contributed by atoms with Gasteiger partial charge in [0.1, 0.15) is 0 Å². The van der Waals surface area contributed by atoms with E-state index in [9.17, 15) is 14.7 Å². The molecule has 8 heteroatoms. The average molecular weight is 390 g/mol. The molecule has 1 N–H and O–H groups in total. The zero-order valence-electron chi connectivity index (χ0n) is 14.9. The summed E-state index contributed by atoms with van der Waals surface area (Å²) in [6.45, 7) is 2.56. The molecule has 1 aromatic carbocycles. The van der Waals surface area contributed by atoms with Crippen molar-refractivity contribution in [1.29, 1.82) is 0 Å². The second-order valence-corrected chi connectivity index (χ2v) is 7.42. The largest absolute Gasteiger partial charge is 0.479 e. The maximum absolute atomic E-state index is 13.1. The first-order valence-electron chi connectivity index (χ1n) is 8.94. The molecule has 27 heavy (non-hydrogen) atoms. The van der Waals surface area contributed by atoms with Crippen LogP contribution in [0.2, 0.25) is 5.02 Å². The lowest BCUT2D eigenvalue weighted by Crippen LogP contribution is -2.48. The number of carboxylic acids is 1. The SMILES string of the molecule is Cc1ccc(-n2ncc(C(=O)N3CCO[C@@H](C(=O)O)C3)c2C2CC2)cc1Cl. The van der Waals surface area contributed by atoms with E-state index < -0.39 is 12.1 Å². The van der Waals surface area contributed by atoms with Gasteiger partial charge in [0.2, 0.25) is 0 Å². The zero-order valence-corrected chi connectivity index (χ0v) is 15.6. The number of morpholine rings is 1. The minimum absolute atomic E-state index is 0.0415. The Kier molecular flexibility index (Phi) is 4.65. The fraction of sp³-hybridized carbons (Fsp3) is 0.421. The number of hydrogen-bond donors (Lipinski definition) is 1. The van der Waals surface area contributed by atoms with Gasteiger partial charge in [-0.2, -0.15) is 5.10 Å². The monoisotopic (exact) mass is 389 g/mol. The molecule has 4 rings (SSSR count). The number of amides is 1. The van der Waals surface area contributed by atoms with Crippen molar-refractivity contribution in [3.05, 3.63) is 46.2 Å². The second kappa shape index (κ2) is 6.98. The van der Waals surface area contributed by atoms with Crippen LogP contribution >= 0.6 is 11.6 Å². The molecule has 1 atom stereocenters. The number of nitrogens with zero attached hydrogens (tertiary/aromatic N) is 3. The number of benzene rings is 1. The molecule has 1 amide bonds. The van der Waals surface area contributed by atoms with E-state index in [0.717, 1.165) is 29.8 Å². The number of rotatable bonds is 4. The Morgan fingerprint density at radius 1 is 1.33 bits per heavy atom. The fourth-order valence-electron chi connectivity index (χ4n) is 3.35. The van der Waals surface area contributed by atoms with Crippen LogP contribution in [-0.2, 0) is 9.53 Å². The van der Waals surface area contributed by atoms with Crippen LogP contribution in [0.25, 0.3) is 5.69 Å². The molecule has 1 aromatic heterocycles. The molecule has 1 aliphatic carbocycles.